The van der Waals surface area contributed by atoms with Crippen molar-refractivity contribution in [2.45, 2.75) is 25.2 Å². The van der Waals surface area contributed by atoms with E-state index in [-0.39, 0.29) is 18.3 Å². The van der Waals surface area contributed by atoms with Crippen molar-refractivity contribution < 1.29 is 9.53 Å². The minimum atomic E-state index is -0.361. The summed E-state index contributed by atoms with van der Waals surface area (Å²) < 4.78 is 7.26. The standard InChI is InChI=1S/C20H18N4O2S/c1-15-22-23-20(24(15)12-16-7-3-2-4-8-16)27-14-19(25)26-13-18-10-6-5-9-17(18)11-21/h2-10H,12-14H2,1H3. The third-order valence-corrected chi connectivity index (χ3v) is 4.87. The zero-order chi connectivity index (χ0) is 19.1. The Morgan fingerprint density at radius 2 is 1.89 bits per heavy atom. The van der Waals surface area contributed by atoms with Gasteiger partial charge in [0.25, 0.3) is 0 Å². The third-order valence-electron chi connectivity index (χ3n) is 3.93. The number of hydrogen-bond donors (Lipinski definition) is 0. The molecule has 3 rings (SSSR count). The van der Waals surface area contributed by atoms with Crippen LogP contribution in [0.25, 0.3) is 0 Å². The summed E-state index contributed by atoms with van der Waals surface area (Å²) in [5.74, 6) is 0.555. The van der Waals surface area contributed by atoms with Crippen LogP contribution in [-0.4, -0.2) is 26.5 Å². The van der Waals surface area contributed by atoms with E-state index in [1.165, 1.54) is 11.8 Å². The maximum atomic E-state index is 12.1. The Balaban J connectivity index is 1.57. The maximum Gasteiger partial charge on any atom is 0.316 e. The fourth-order valence-electron chi connectivity index (χ4n) is 2.49. The van der Waals surface area contributed by atoms with Gasteiger partial charge in [0.1, 0.15) is 12.4 Å². The van der Waals surface area contributed by atoms with Crippen molar-refractivity contribution >= 4 is 17.7 Å². The molecule has 0 saturated carbocycles. The Morgan fingerprint density at radius 1 is 1.15 bits per heavy atom. The van der Waals surface area contributed by atoms with Crippen LogP contribution >= 0.6 is 11.8 Å². The van der Waals surface area contributed by atoms with E-state index in [0.29, 0.717) is 22.8 Å². The molecule has 2 aromatic carbocycles. The molecule has 1 heterocycles. The van der Waals surface area contributed by atoms with Crippen molar-refractivity contribution in [2.75, 3.05) is 5.75 Å². The fourth-order valence-corrected chi connectivity index (χ4v) is 3.28. The van der Waals surface area contributed by atoms with Crippen LogP contribution in [0.1, 0.15) is 22.5 Å². The van der Waals surface area contributed by atoms with Gasteiger partial charge in [-0.3, -0.25) is 4.79 Å². The zero-order valence-electron chi connectivity index (χ0n) is 14.8. The lowest BCUT2D eigenvalue weighted by atomic mass is 10.1. The number of ether oxygens (including phenoxy) is 1. The van der Waals surface area contributed by atoms with Crippen molar-refractivity contribution in [3.05, 3.63) is 77.1 Å². The van der Waals surface area contributed by atoms with Crippen molar-refractivity contribution in [3.8, 4) is 6.07 Å². The van der Waals surface area contributed by atoms with Crippen LogP contribution in [0.5, 0.6) is 0 Å². The minimum absolute atomic E-state index is 0.0822. The number of thioether (sulfide) groups is 1. The smallest absolute Gasteiger partial charge is 0.316 e. The number of nitrogens with zero attached hydrogens (tertiary/aromatic N) is 4. The van der Waals surface area contributed by atoms with Crippen LogP contribution in [0.15, 0.2) is 59.8 Å². The van der Waals surface area contributed by atoms with E-state index >= 15 is 0 Å². The maximum absolute atomic E-state index is 12.1. The number of carbonyl (C=O) groups excluding carboxylic acids is 1. The van der Waals surface area contributed by atoms with Gasteiger partial charge in [0.15, 0.2) is 5.16 Å². The van der Waals surface area contributed by atoms with E-state index in [0.717, 1.165) is 11.4 Å². The van der Waals surface area contributed by atoms with Crippen molar-refractivity contribution in [2.24, 2.45) is 0 Å². The highest BCUT2D eigenvalue weighted by Crippen LogP contribution is 2.19. The molecule has 6 nitrogen and oxygen atoms in total. The van der Waals surface area contributed by atoms with Gasteiger partial charge in [-0.25, -0.2) is 0 Å². The van der Waals surface area contributed by atoms with Crippen molar-refractivity contribution in [3.63, 3.8) is 0 Å². The Labute approximate surface area is 161 Å². The highest BCUT2D eigenvalue weighted by Gasteiger charge is 2.13. The highest BCUT2D eigenvalue weighted by molar-refractivity contribution is 7.99. The molecule has 0 spiro atoms. The van der Waals surface area contributed by atoms with Gasteiger partial charge in [-0.2, -0.15) is 5.26 Å². The molecule has 27 heavy (non-hydrogen) atoms. The zero-order valence-corrected chi connectivity index (χ0v) is 15.6. The van der Waals surface area contributed by atoms with Crippen LogP contribution in [0.3, 0.4) is 0 Å². The summed E-state index contributed by atoms with van der Waals surface area (Å²) in [6.45, 7) is 2.61. The number of aromatic nitrogens is 3. The fraction of sp³-hybridized carbons (Fsp3) is 0.200. The molecule has 0 unspecified atom stereocenters. The second-order valence-electron chi connectivity index (χ2n) is 5.82. The minimum Gasteiger partial charge on any atom is -0.460 e. The van der Waals surface area contributed by atoms with Gasteiger partial charge in [0, 0.05) is 5.56 Å². The van der Waals surface area contributed by atoms with Crippen LogP contribution in [0, 0.1) is 18.3 Å². The molecule has 0 bridgehead atoms. The molecule has 0 aliphatic carbocycles. The number of rotatable bonds is 7. The van der Waals surface area contributed by atoms with E-state index in [1.54, 1.807) is 18.2 Å². The number of aryl methyl sites for hydroxylation is 1. The van der Waals surface area contributed by atoms with Crippen LogP contribution in [0.4, 0.5) is 0 Å². The van der Waals surface area contributed by atoms with Gasteiger partial charge in [0.2, 0.25) is 0 Å². The predicted octanol–water partition coefficient (Wildman–Crippen LogP) is 3.34. The summed E-state index contributed by atoms with van der Waals surface area (Å²) in [7, 11) is 0. The Morgan fingerprint density at radius 3 is 2.67 bits per heavy atom. The average Bonchev–Trinajstić information content (AvgIpc) is 3.05. The summed E-state index contributed by atoms with van der Waals surface area (Å²) in [4.78, 5) is 12.1. The molecular formula is C20H18N4O2S. The average molecular weight is 378 g/mol. The lowest BCUT2D eigenvalue weighted by Crippen LogP contribution is -2.10. The molecular weight excluding hydrogens is 360 g/mol. The number of benzene rings is 2. The molecule has 0 atom stereocenters. The Kier molecular flexibility index (Phi) is 6.23. The van der Waals surface area contributed by atoms with E-state index in [1.807, 2.05) is 47.9 Å². The molecule has 7 heteroatoms. The van der Waals surface area contributed by atoms with Crippen molar-refractivity contribution in [1.29, 1.82) is 5.26 Å². The summed E-state index contributed by atoms with van der Waals surface area (Å²) in [5.41, 5.74) is 2.34. The second kappa shape index (κ2) is 9.01. The highest BCUT2D eigenvalue weighted by atomic mass is 32.2. The molecule has 0 amide bonds. The second-order valence-corrected chi connectivity index (χ2v) is 6.76. The van der Waals surface area contributed by atoms with Crippen LogP contribution < -0.4 is 0 Å². The van der Waals surface area contributed by atoms with E-state index in [4.69, 9.17) is 10.00 Å². The van der Waals surface area contributed by atoms with E-state index in [2.05, 4.69) is 16.3 Å². The third kappa shape index (κ3) is 4.96. The van der Waals surface area contributed by atoms with Gasteiger partial charge >= 0.3 is 5.97 Å². The molecule has 0 aliphatic heterocycles. The largest absolute Gasteiger partial charge is 0.460 e. The molecule has 136 valence electrons. The molecule has 0 fully saturated rings. The first-order chi connectivity index (χ1) is 13.2. The first-order valence-electron chi connectivity index (χ1n) is 8.37. The quantitative estimate of drug-likeness (QED) is 0.463. The lowest BCUT2D eigenvalue weighted by Gasteiger charge is -2.09. The van der Waals surface area contributed by atoms with Gasteiger partial charge in [0.05, 0.1) is 23.9 Å². The molecule has 3 aromatic rings. The number of carbonyl (C=O) groups is 1. The molecule has 1 aromatic heterocycles. The number of hydrogen-bond acceptors (Lipinski definition) is 6. The SMILES string of the molecule is Cc1nnc(SCC(=O)OCc2ccccc2C#N)n1Cc1ccccc1. The number of esters is 1. The summed E-state index contributed by atoms with van der Waals surface area (Å²) in [5, 5.41) is 18.0. The summed E-state index contributed by atoms with van der Waals surface area (Å²) in [6, 6.07) is 19.2. The van der Waals surface area contributed by atoms with E-state index in [9.17, 15) is 4.79 Å². The monoisotopic (exact) mass is 378 g/mol. The van der Waals surface area contributed by atoms with Crippen molar-refractivity contribution in [1.82, 2.24) is 14.8 Å². The topological polar surface area (TPSA) is 80.8 Å². The normalized spacial score (nSPS) is 10.4. The van der Waals surface area contributed by atoms with Gasteiger partial charge in [-0.15, -0.1) is 10.2 Å². The van der Waals surface area contributed by atoms with Crippen LogP contribution in [-0.2, 0) is 22.7 Å². The van der Waals surface area contributed by atoms with E-state index < -0.39 is 0 Å². The summed E-state index contributed by atoms with van der Waals surface area (Å²) in [6.07, 6.45) is 0. The van der Waals surface area contributed by atoms with Gasteiger partial charge in [-0.05, 0) is 18.6 Å². The van der Waals surface area contributed by atoms with Gasteiger partial charge < -0.3 is 9.30 Å². The summed E-state index contributed by atoms with van der Waals surface area (Å²) >= 11 is 1.29. The lowest BCUT2D eigenvalue weighted by molar-refractivity contribution is -0.141. The number of nitriles is 1. The first kappa shape index (κ1) is 18.7. The molecule has 0 saturated heterocycles. The van der Waals surface area contributed by atoms with Gasteiger partial charge in [-0.1, -0.05) is 60.3 Å². The Hall–Kier alpha value is -3.11. The van der Waals surface area contributed by atoms with Crippen LogP contribution in [0.2, 0.25) is 0 Å². The molecule has 0 aliphatic rings. The molecule has 0 N–H and O–H groups in total. The predicted molar refractivity (Wildman–Crippen MR) is 102 cm³/mol. The first-order valence-corrected chi connectivity index (χ1v) is 9.36. The Bertz CT molecular complexity index is 964. The molecule has 0 radical (unpaired) electrons.